The van der Waals surface area contributed by atoms with Crippen molar-refractivity contribution >= 4 is 17.7 Å². The molecule has 7 nitrogen and oxygen atoms in total. The third-order valence-corrected chi connectivity index (χ3v) is 2.85. The van der Waals surface area contributed by atoms with Gasteiger partial charge < -0.3 is 19.5 Å². The average Bonchev–Trinajstić information content (AvgIpc) is 2.84. The van der Waals surface area contributed by atoms with E-state index in [0.29, 0.717) is 30.3 Å². The molecule has 0 atom stereocenters. The van der Waals surface area contributed by atoms with Gasteiger partial charge in [0.05, 0.1) is 20.8 Å². The lowest BCUT2D eigenvalue weighted by Crippen LogP contribution is -2.33. The van der Waals surface area contributed by atoms with E-state index in [-0.39, 0.29) is 12.5 Å². The molecule has 1 aromatic carbocycles. The number of benzene rings is 1. The normalized spacial score (nSPS) is 13.9. The van der Waals surface area contributed by atoms with Gasteiger partial charge in [-0.3, -0.25) is 9.69 Å². The van der Waals surface area contributed by atoms with E-state index in [0.717, 1.165) is 0 Å². The van der Waals surface area contributed by atoms with Crippen LogP contribution in [0.2, 0.25) is 0 Å². The highest BCUT2D eigenvalue weighted by molar-refractivity contribution is 5.94. The first-order chi connectivity index (χ1) is 9.63. The van der Waals surface area contributed by atoms with Crippen LogP contribution in [0.3, 0.4) is 0 Å². The summed E-state index contributed by atoms with van der Waals surface area (Å²) in [4.78, 5) is 24.4. The SMILES string of the molecule is COc1ccc(NC(=O)CN2CCOC2=O)cc1OC. The molecule has 1 aromatic rings. The van der Waals surface area contributed by atoms with E-state index in [2.05, 4.69) is 5.32 Å². The van der Waals surface area contributed by atoms with Gasteiger partial charge in [0.15, 0.2) is 11.5 Å². The van der Waals surface area contributed by atoms with Crippen LogP contribution in [0.15, 0.2) is 18.2 Å². The van der Waals surface area contributed by atoms with Gasteiger partial charge in [0, 0.05) is 11.8 Å². The topological polar surface area (TPSA) is 77.1 Å². The Morgan fingerprint density at radius 3 is 2.70 bits per heavy atom. The molecule has 7 heteroatoms. The fourth-order valence-corrected chi connectivity index (χ4v) is 1.86. The third kappa shape index (κ3) is 3.11. The number of hydrogen-bond donors (Lipinski definition) is 1. The number of anilines is 1. The highest BCUT2D eigenvalue weighted by Crippen LogP contribution is 2.29. The average molecular weight is 280 g/mol. The van der Waals surface area contributed by atoms with Crippen molar-refractivity contribution in [1.82, 2.24) is 4.90 Å². The maximum absolute atomic E-state index is 11.8. The highest BCUT2D eigenvalue weighted by Gasteiger charge is 2.24. The number of hydrogen-bond acceptors (Lipinski definition) is 5. The number of rotatable bonds is 5. The van der Waals surface area contributed by atoms with E-state index < -0.39 is 6.09 Å². The predicted octanol–water partition coefficient (Wildman–Crippen LogP) is 1.09. The zero-order valence-electron chi connectivity index (χ0n) is 11.3. The summed E-state index contributed by atoms with van der Waals surface area (Å²) in [5, 5.41) is 2.69. The van der Waals surface area contributed by atoms with Crippen LogP contribution in [-0.4, -0.2) is 50.8 Å². The number of methoxy groups -OCH3 is 2. The number of carbonyl (C=O) groups is 2. The Hall–Kier alpha value is -2.44. The number of carbonyl (C=O) groups excluding carboxylic acids is 2. The molecule has 0 unspecified atom stereocenters. The molecule has 0 radical (unpaired) electrons. The van der Waals surface area contributed by atoms with Gasteiger partial charge in [0.1, 0.15) is 13.2 Å². The molecule has 0 spiro atoms. The Kier molecular flexibility index (Phi) is 4.29. The van der Waals surface area contributed by atoms with Gasteiger partial charge in [-0.15, -0.1) is 0 Å². The van der Waals surface area contributed by atoms with Crippen LogP contribution in [0.1, 0.15) is 0 Å². The van der Waals surface area contributed by atoms with E-state index in [9.17, 15) is 9.59 Å². The molecular weight excluding hydrogens is 264 g/mol. The predicted molar refractivity (Wildman–Crippen MR) is 71.1 cm³/mol. The third-order valence-electron chi connectivity index (χ3n) is 2.85. The maximum Gasteiger partial charge on any atom is 0.410 e. The standard InChI is InChI=1S/C13H16N2O5/c1-18-10-4-3-9(7-11(10)19-2)14-12(16)8-15-5-6-20-13(15)17/h3-4,7H,5-6,8H2,1-2H3,(H,14,16). The summed E-state index contributed by atoms with van der Waals surface area (Å²) in [7, 11) is 3.05. The molecule has 2 amide bonds. The van der Waals surface area contributed by atoms with Crippen LogP contribution in [0.4, 0.5) is 10.5 Å². The number of nitrogens with one attached hydrogen (secondary N) is 1. The summed E-state index contributed by atoms with van der Waals surface area (Å²) in [6, 6.07) is 5.04. The molecule has 0 aliphatic carbocycles. The van der Waals surface area contributed by atoms with Gasteiger partial charge >= 0.3 is 6.09 Å². The second-order valence-electron chi connectivity index (χ2n) is 4.15. The maximum atomic E-state index is 11.8. The zero-order chi connectivity index (χ0) is 14.5. The molecule has 0 bridgehead atoms. The minimum Gasteiger partial charge on any atom is -0.493 e. The second kappa shape index (κ2) is 6.14. The molecule has 0 aromatic heterocycles. The van der Waals surface area contributed by atoms with Crippen LogP contribution in [0.25, 0.3) is 0 Å². The Balaban J connectivity index is 1.98. The summed E-state index contributed by atoms with van der Waals surface area (Å²) in [6.45, 7) is 0.716. The summed E-state index contributed by atoms with van der Waals surface area (Å²) in [5.74, 6) is 0.801. The largest absolute Gasteiger partial charge is 0.493 e. The lowest BCUT2D eigenvalue weighted by molar-refractivity contribution is -0.116. The van der Waals surface area contributed by atoms with E-state index in [1.807, 2.05) is 0 Å². The summed E-state index contributed by atoms with van der Waals surface area (Å²) >= 11 is 0. The highest BCUT2D eigenvalue weighted by atomic mass is 16.6. The fourth-order valence-electron chi connectivity index (χ4n) is 1.86. The van der Waals surface area contributed by atoms with Crippen molar-refractivity contribution in [3.63, 3.8) is 0 Å². The van der Waals surface area contributed by atoms with Gasteiger partial charge in [-0.05, 0) is 12.1 Å². The van der Waals surface area contributed by atoms with Gasteiger partial charge in [0.25, 0.3) is 0 Å². The van der Waals surface area contributed by atoms with Crippen molar-refractivity contribution in [2.24, 2.45) is 0 Å². The summed E-state index contributed by atoms with van der Waals surface area (Å²) in [6.07, 6.45) is -0.465. The van der Waals surface area contributed by atoms with Crippen LogP contribution in [0.5, 0.6) is 11.5 Å². The van der Waals surface area contributed by atoms with E-state index in [4.69, 9.17) is 14.2 Å². The second-order valence-corrected chi connectivity index (χ2v) is 4.15. The van der Waals surface area contributed by atoms with Crippen molar-refractivity contribution in [3.8, 4) is 11.5 Å². The molecule has 1 fully saturated rings. The first kappa shape index (κ1) is 14.0. The lowest BCUT2D eigenvalue weighted by Gasteiger charge is -2.13. The fraction of sp³-hybridized carbons (Fsp3) is 0.385. The lowest BCUT2D eigenvalue weighted by atomic mass is 10.2. The van der Waals surface area contributed by atoms with Crippen molar-refractivity contribution in [1.29, 1.82) is 0 Å². The number of ether oxygens (including phenoxy) is 3. The molecule has 2 rings (SSSR count). The van der Waals surface area contributed by atoms with E-state index >= 15 is 0 Å². The first-order valence-corrected chi connectivity index (χ1v) is 6.07. The molecular formula is C13H16N2O5. The van der Waals surface area contributed by atoms with Crippen LogP contribution in [0, 0.1) is 0 Å². The van der Waals surface area contributed by atoms with E-state index in [1.54, 1.807) is 18.2 Å². The Morgan fingerprint density at radius 1 is 1.35 bits per heavy atom. The Labute approximate surface area is 116 Å². The van der Waals surface area contributed by atoms with Gasteiger partial charge in [0.2, 0.25) is 5.91 Å². The molecule has 1 aliphatic rings. The molecule has 20 heavy (non-hydrogen) atoms. The van der Waals surface area contributed by atoms with Crippen molar-refractivity contribution in [3.05, 3.63) is 18.2 Å². The van der Waals surface area contributed by atoms with Gasteiger partial charge in [-0.25, -0.2) is 4.79 Å². The smallest absolute Gasteiger partial charge is 0.410 e. The minimum atomic E-state index is -0.465. The van der Waals surface area contributed by atoms with Crippen molar-refractivity contribution in [2.75, 3.05) is 39.2 Å². The minimum absolute atomic E-state index is 0.0345. The molecule has 1 heterocycles. The quantitative estimate of drug-likeness (QED) is 0.873. The van der Waals surface area contributed by atoms with Crippen LogP contribution in [-0.2, 0) is 9.53 Å². The summed E-state index contributed by atoms with van der Waals surface area (Å²) < 4.78 is 15.0. The Morgan fingerprint density at radius 2 is 2.10 bits per heavy atom. The molecule has 1 saturated heterocycles. The van der Waals surface area contributed by atoms with Crippen LogP contribution >= 0.6 is 0 Å². The number of amides is 2. The molecule has 1 N–H and O–H groups in total. The Bertz CT molecular complexity index is 517. The number of cyclic esters (lactones) is 1. The molecule has 108 valence electrons. The van der Waals surface area contributed by atoms with Gasteiger partial charge in [-0.2, -0.15) is 0 Å². The zero-order valence-corrected chi connectivity index (χ0v) is 11.3. The summed E-state index contributed by atoms with van der Waals surface area (Å²) in [5.41, 5.74) is 0.570. The monoisotopic (exact) mass is 280 g/mol. The van der Waals surface area contributed by atoms with Gasteiger partial charge in [-0.1, -0.05) is 0 Å². The molecule has 0 saturated carbocycles. The number of nitrogens with zero attached hydrogens (tertiary/aromatic N) is 1. The van der Waals surface area contributed by atoms with Crippen LogP contribution < -0.4 is 14.8 Å². The van der Waals surface area contributed by atoms with Crippen molar-refractivity contribution in [2.45, 2.75) is 0 Å². The van der Waals surface area contributed by atoms with Crippen molar-refractivity contribution < 1.29 is 23.8 Å². The van der Waals surface area contributed by atoms with E-state index in [1.165, 1.54) is 19.1 Å². The first-order valence-electron chi connectivity index (χ1n) is 6.07. The molecule has 1 aliphatic heterocycles.